The van der Waals surface area contributed by atoms with Gasteiger partial charge in [-0.25, -0.2) is 0 Å². The summed E-state index contributed by atoms with van der Waals surface area (Å²) in [6.45, 7) is 10.2. The summed E-state index contributed by atoms with van der Waals surface area (Å²) in [5, 5.41) is 8.49. The van der Waals surface area contributed by atoms with Crippen LogP contribution in [-0.2, 0) is 4.74 Å². The normalized spacial score (nSPS) is 11.8. The smallest absolute Gasteiger partial charge is 0.0681 e. The Morgan fingerprint density at radius 2 is 2.06 bits per heavy atom. The van der Waals surface area contributed by atoms with Crippen LogP contribution in [-0.4, -0.2) is 12.7 Å². The number of hydrogen-bond acceptors (Lipinski definition) is 2. The van der Waals surface area contributed by atoms with Crippen molar-refractivity contribution in [2.24, 2.45) is 0 Å². The van der Waals surface area contributed by atoms with E-state index in [1.807, 2.05) is 13.0 Å². The minimum Gasteiger partial charge on any atom is -0.373 e. The standard InChI is InChI=1S/C15H25NO/c1-4-5-6-7-8-9-10-14(2)13-17-15(3)11-12-16/h4,15H,1-2,5-11,13H2,3H3. The second-order valence-corrected chi connectivity index (χ2v) is 4.48. The highest BCUT2D eigenvalue weighted by atomic mass is 16.5. The topological polar surface area (TPSA) is 33.0 Å². The van der Waals surface area contributed by atoms with Crippen LogP contribution < -0.4 is 0 Å². The van der Waals surface area contributed by atoms with E-state index in [-0.39, 0.29) is 6.10 Å². The first-order valence-corrected chi connectivity index (χ1v) is 6.46. The third-order valence-electron chi connectivity index (χ3n) is 2.64. The molecule has 2 heteroatoms. The van der Waals surface area contributed by atoms with Crippen molar-refractivity contribution in [2.45, 2.75) is 58.0 Å². The maximum Gasteiger partial charge on any atom is 0.0681 e. The second kappa shape index (κ2) is 11.4. The van der Waals surface area contributed by atoms with Gasteiger partial charge in [-0.05, 0) is 32.6 Å². The molecule has 0 rings (SSSR count). The Labute approximate surface area is 106 Å². The predicted octanol–water partition coefficient (Wildman–Crippen LogP) is 4.39. The Morgan fingerprint density at radius 3 is 2.71 bits per heavy atom. The van der Waals surface area contributed by atoms with Crippen molar-refractivity contribution in [1.82, 2.24) is 0 Å². The van der Waals surface area contributed by atoms with Crippen LogP contribution in [0.2, 0.25) is 0 Å². The number of hydrogen-bond donors (Lipinski definition) is 0. The van der Waals surface area contributed by atoms with Crippen LogP contribution in [0.25, 0.3) is 0 Å². The molecular formula is C15H25NO. The highest BCUT2D eigenvalue weighted by Gasteiger charge is 2.02. The van der Waals surface area contributed by atoms with Gasteiger partial charge in [0, 0.05) is 0 Å². The van der Waals surface area contributed by atoms with E-state index >= 15 is 0 Å². The lowest BCUT2D eigenvalue weighted by Crippen LogP contribution is -2.09. The Balaban J connectivity index is 3.35. The van der Waals surface area contributed by atoms with Crippen molar-refractivity contribution in [3.8, 4) is 6.07 Å². The second-order valence-electron chi connectivity index (χ2n) is 4.48. The zero-order valence-electron chi connectivity index (χ0n) is 11.1. The Bertz CT molecular complexity index is 252. The summed E-state index contributed by atoms with van der Waals surface area (Å²) in [4.78, 5) is 0. The molecule has 0 aromatic rings. The maximum atomic E-state index is 8.49. The zero-order valence-corrected chi connectivity index (χ0v) is 11.1. The molecule has 0 N–H and O–H groups in total. The van der Waals surface area contributed by atoms with Gasteiger partial charge in [-0.15, -0.1) is 6.58 Å². The molecule has 0 radical (unpaired) electrons. The van der Waals surface area contributed by atoms with Crippen molar-refractivity contribution in [1.29, 1.82) is 5.26 Å². The molecule has 0 aromatic carbocycles. The summed E-state index contributed by atoms with van der Waals surface area (Å²) < 4.78 is 5.50. The third-order valence-corrected chi connectivity index (χ3v) is 2.64. The number of nitrogens with zero attached hydrogens (tertiary/aromatic N) is 1. The SMILES string of the molecule is C=CCCCCCCC(=C)COC(C)CC#N. The molecule has 0 bridgehead atoms. The van der Waals surface area contributed by atoms with E-state index in [0.717, 1.165) is 18.4 Å². The molecule has 96 valence electrons. The summed E-state index contributed by atoms with van der Waals surface area (Å²) in [5.41, 5.74) is 1.14. The quantitative estimate of drug-likeness (QED) is 0.393. The van der Waals surface area contributed by atoms with Gasteiger partial charge in [0.1, 0.15) is 0 Å². The first-order chi connectivity index (χ1) is 8.20. The van der Waals surface area contributed by atoms with Gasteiger partial charge in [-0.1, -0.05) is 31.1 Å². The molecule has 0 spiro atoms. The fraction of sp³-hybridized carbons (Fsp3) is 0.667. The van der Waals surface area contributed by atoms with E-state index in [2.05, 4.69) is 19.2 Å². The molecule has 0 aliphatic heterocycles. The van der Waals surface area contributed by atoms with E-state index in [1.165, 1.54) is 25.7 Å². The minimum atomic E-state index is 0.0179. The highest BCUT2D eigenvalue weighted by molar-refractivity contribution is 4.94. The molecule has 0 saturated carbocycles. The van der Waals surface area contributed by atoms with Crippen LogP contribution in [0.3, 0.4) is 0 Å². The van der Waals surface area contributed by atoms with Crippen molar-refractivity contribution in [3.05, 3.63) is 24.8 Å². The first kappa shape index (κ1) is 15.9. The molecule has 0 saturated heterocycles. The Hall–Kier alpha value is -1.07. The van der Waals surface area contributed by atoms with E-state index in [9.17, 15) is 0 Å². The molecule has 0 heterocycles. The molecule has 0 aromatic heterocycles. The maximum absolute atomic E-state index is 8.49. The largest absolute Gasteiger partial charge is 0.373 e. The summed E-state index contributed by atoms with van der Waals surface area (Å²) in [6.07, 6.45) is 9.55. The summed E-state index contributed by atoms with van der Waals surface area (Å²) in [5.74, 6) is 0. The van der Waals surface area contributed by atoms with Crippen LogP contribution in [0.15, 0.2) is 24.8 Å². The number of allylic oxidation sites excluding steroid dienone is 1. The molecule has 1 unspecified atom stereocenters. The van der Waals surface area contributed by atoms with Gasteiger partial charge in [-0.3, -0.25) is 0 Å². The minimum absolute atomic E-state index is 0.0179. The van der Waals surface area contributed by atoms with Gasteiger partial charge in [0.2, 0.25) is 0 Å². The fourth-order valence-corrected chi connectivity index (χ4v) is 1.54. The van der Waals surface area contributed by atoms with Gasteiger partial charge >= 0.3 is 0 Å². The summed E-state index contributed by atoms with van der Waals surface area (Å²) in [6, 6.07) is 2.10. The fourth-order valence-electron chi connectivity index (χ4n) is 1.54. The predicted molar refractivity (Wildman–Crippen MR) is 72.7 cm³/mol. The molecule has 17 heavy (non-hydrogen) atoms. The van der Waals surface area contributed by atoms with Gasteiger partial charge in [0.15, 0.2) is 0 Å². The molecule has 0 aliphatic rings. The van der Waals surface area contributed by atoms with Gasteiger partial charge in [0.25, 0.3) is 0 Å². The van der Waals surface area contributed by atoms with E-state index in [0.29, 0.717) is 13.0 Å². The Kier molecular flexibility index (Phi) is 10.7. The van der Waals surface area contributed by atoms with Crippen molar-refractivity contribution in [3.63, 3.8) is 0 Å². The van der Waals surface area contributed by atoms with Gasteiger partial charge in [-0.2, -0.15) is 5.26 Å². The number of unbranched alkanes of at least 4 members (excludes halogenated alkanes) is 4. The highest BCUT2D eigenvalue weighted by Crippen LogP contribution is 2.11. The molecule has 0 aliphatic carbocycles. The third kappa shape index (κ3) is 11.2. The van der Waals surface area contributed by atoms with Crippen LogP contribution in [0, 0.1) is 11.3 Å². The molecule has 1 atom stereocenters. The monoisotopic (exact) mass is 235 g/mol. The van der Waals surface area contributed by atoms with Crippen molar-refractivity contribution in [2.75, 3.05) is 6.61 Å². The number of ether oxygens (including phenoxy) is 1. The Morgan fingerprint density at radius 1 is 1.35 bits per heavy atom. The average Bonchev–Trinajstić information content (AvgIpc) is 2.31. The molecule has 0 amide bonds. The van der Waals surface area contributed by atoms with Crippen LogP contribution in [0.5, 0.6) is 0 Å². The van der Waals surface area contributed by atoms with E-state index in [4.69, 9.17) is 10.00 Å². The summed E-state index contributed by atoms with van der Waals surface area (Å²) >= 11 is 0. The lowest BCUT2D eigenvalue weighted by molar-refractivity contribution is 0.0856. The average molecular weight is 235 g/mol. The van der Waals surface area contributed by atoms with Gasteiger partial charge < -0.3 is 4.74 Å². The van der Waals surface area contributed by atoms with E-state index < -0.39 is 0 Å². The zero-order chi connectivity index (χ0) is 12.9. The van der Waals surface area contributed by atoms with Crippen LogP contribution >= 0.6 is 0 Å². The number of rotatable bonds is 11. The molecule has 0 fully saturated rings. The lowest BCUT2D eigenvalue weighted by Gasteiger charge is -2.11. The molecule has 2 nitrogen and oxygen atoms in total. The summed E-state index contributed by atoms with van der Waals surface area (Å²) in [7, 11) is 0. The first-order valence-electron chi connectivity index (χ1n) is 6.46. The van der Waals surface area contributed by atoms with Gasteiger partial charge in [0.05, 0.1) is 25.2 Å². The van der Waals surface area contributed by atoms with Crippen LogP contribution in [0.1, 0.15) is 51.9 Å². The van der Waals surface area contributed by atoms with E-state index in [1.54, 1.807) is 0 Å². The van der Waals surface area contributed by atoms with Crippen molar-refractivity contribution >= 4 is 0 Å². The number of nitriles is 1. The lowest BCUT2D eigenvalue weighted by atomic mass is 10.1. The molecular weight excluding hydrogens is 210 g/mol. The van der Waals surface area contributed by atoms with Crippen LogP contribution in [0.4, 0.5) is 0 Å². The van der Waals surface area contributed by atoms with Crippen molar-refractivity contribution < 1.29 is 4.74 Å².